The molecule has 226 valence electrons. The van der Waals surface area contributed by atoms with E-state index in [2.05, 4.69) is 30.6 Å². The lowest BCUT2D eigenvalue weighted by Crippen LogP contribution is -2.39. The molecule has 0 spiro atoms. The molecule has 6 rings (SSSR count). The molecule has 2 aliphatic rings. The summed E-state index contributed by atoms with van der Waals surface area (Å²) in [6.07, 6.45) is 4.46. The number of alkyl halides is 3. The van der Waals surface area contributed by atoms with Crippen molar-refractivity contribution in [2.75, 3.05) is 28.6 Å². The fourth-order valence-electron chi connectivity index (χ4n) is 4.75. The molecule has 5 heterocycles. The van der Waals surface area contributed by atoms with Crippen LogP contribution in [0.2, 0.25) is 0 Å². The molecule has 44 heavy (non-hydrogen) atoms. The number of hydrogen-bond acceptors (Lipinski definition) is 9. The van der Waals surface area contributed by atoms with E-state index < -0.39 is 17.6 Å². The van der Waals surface area contributed by atoms with Crippen LogP contribution in [0.25, 0.3) is 11.6 Å². The molecule has 0 saturated heterocycles. The highest BCUT2D eigenvalue weighted by Gasteiger charge is 2.32. The minimum Gasteiger partial charge on any atom is -0.483 e. The van der Waals surface area contributed by atoms with Gasteiger partial charge >= 0.3 is 6.18 Å². The number of pyridine rings is 1. The zero-order valence-corrected chi connectivity index (χ0v) is 23.5. The van der Waals surface area contributed by atoms with Crippen LogP contribution in [0.15, 0.2) is 60.1 Å². The first kappa shape index (κ1) is 29.9. The van der Waals surface area contributed by atoms with Crippen molar-refractivity contribution in [3.63, 3.8) is 0 Å². The maximum atomic E-state index is 13.1. The number of hydrogen-bond donors (Lipinski definition) is 3. The van der Waals surface area contributed by atoms with E-state index in [4.69, 9.17) is 19.9 Å². The smallest absolute Gasteiger partial charge is 0.416 e. The Kier molecular flexibility index (Phi) is 8.37. The second-order valence-electron chi connectivity index (χ2n) is 9.79. The van der Waals surface area contributed by atoms with E-state index in [0.717, 1.165) is 64.4 Å². The number of nitrogens with one attached hydrogen (secondary N) is 2. The van der Waals surface area contributed by atoms with Gasteiger partial charge in [0.25, 0.3) is 12.4 Å². The normalized spacial score (nSPS) is 13.8. The third-order valence-electron chi connectivity index (χ3n) is 6.72. The second kappa shape index (κ2) is 12.3. The Morgan fingerprint density at radius 2 is 1.91 bits per heavy atom. The molecule has 1 amide bonds. The van der Waals surface area contributed by atoms with Crippen LogP contribution in [0, 0.1) is 6.92 Å². The first-order valence-corrected chi connectivity index (χ1v) is 13.3. The Labute approximate surface area is 249 Å². The van der Waals surface area contributed by atoms with Crippen LogP contribution >= 0.6 is 0 Å². The second-order valence-corrected chi connectivity index (χ2v) is 9.79. The lowest BCUT2D eigenvalue weighted by molar-refractivity contribution is -0.137. The number of rotatable bonds is 5. The Balaban J connectivity index is 0.00000123. The van der Waals surface area contributed by atoms with Crippen molar-refractivity contribution in [1.29, 1.82) is 0 Å². The maximum Gasteiger partial charge on any atom is 0.416 e. The van der Waals surface area contributed by atoms with Gasteiger partial charge < -0.3 is 20.6 Å². The predicted molar refractivity (Wildman–Crippen MR) is 158 cm³/mol. The number of aromatic nitrogens is 5. The lowest BCUT2D eigenvalue weighted by atomic mass is 9.93. The number of fused-ring (bicyclic) bond motifs is 3. The topological polar surface area (TPSA) is 151 Å². The Bertz CT molecular complexity index is 1780. The summed E-state index contributed by atoms with van der Waals surface area (Å²) in [4.78, 5) is 41.1. The van der Waals surface area contributed by atoms with Crippen molar-refractivity contribution < 1.29 is 27.9 Å². The van der Waals surface area contributed by atoms with Crippen LogP contribution in [0.4, 0.5) is 36.3 Å². The summed E-state index contributed by atoms with van der Waals surface area (Å²) in [5.74, 6) is 1.17. The summed E-state index contributed by atoms with van der Waals surface area (Å²) in [5.41, 5.74) is 3.29. The number of carbonyl (C=O) groups excluding carboxylic acids is 1. The van der Waals surface area contributed by atoms with E-state index in [1.807, 2.05) is 32.3 Å². The number of nitrogens with zero attached hydrogens (tertiary/aromatic N) is 7. The summed E-state index contributed by atoms with van der Waals surface area (Å²) < 4.78 is 41.1. The predicted octanol–water partition coefficient (Wildman–Crippen LogP) is 4.79. The lowest BCUT2D eigenvalue weighted by Gasteiger charge is -2.34. The molecule has 2 aliphatic heterocycles. The van der Waals surface area contributed by atoms with Crippen molar-refractivity contribution >= 4 is 53.0 Å². The first-order valence-electron chi connectivity index (χ1n) is 13.3. The van der Waals surface area contributed by atoms with Crippen LogP contribution < -0.4 is 15.5 Å². The molecule has 0 bridgehead atoms. The summed E-state index contributed by atoms with van der Waals surface area (Å²) in [6, 6.07) is 6.88. The highest BCUT2D eigenvalue weighted by atomic mass is 19.4. The summed E-state index contributed by atoms with van der Waals surface area (Å²) in [7, 11) is 1.83. The number of amides is 1. The molecule has 12 nitrogen and oxygen atoms in total. The Morgan fingerprint density at radius 3 is 2.64 bits per heavy atom. The van der Waals surface area contributed by atoms with E-state index in [9.17, 15) is 18.0 Å². The molecule has 3 N–H and O–H groups in total. The van der Waals surface area contributed by atoms with Gasteiger partial charge in [0.1, 0.15) is 17.3 Å². The largest absolute Gasteiger partial charge is 0.483 e. The standard InChI is InChI=1S/C28H24F3N9O.CH2O2/c1-16-4-5-19(36-26(41)23-11-18(6-8-32-23)28(29,30)31)12-21(16)22-10-17-13-34-27(37-20-14-35-39(2)15-20)38-24(17)40-9-3-7-33-25(22)40;2-1-3/h4-6,8,10-15H,3,7,9H2,1-2H3,(H,36,41)(H,34,37,38);1H,(H,2,3). The molecule has 0 unspecified atom stereocenters. The van der Waals surface area contributed by atoms with Crippen molar-refractivity contribution in [3.8, 4) is 0 Å². The monoisotopic (exact) mass is 605 g/mol. The highest BCUT2D eigenvalue weighted by Crippen LogP contribution is 2.37. The van der Waals surface area contributed by atoms with Gasteiger partial charge in [-0.15, -0.1) is 0 Å². The van der Waals surface area contributed by atoms with Gasteiger partial charge in [-0.25, -0.2) is 4.98 Å². The van der Waals surface area contributed by atoms with E-state index in [-0.39, 0.29) is 12.2 Å². The number of aryl methyl sites for hydroxylation is 2. The average Bonchev–Trinajstić information content (AvgIpc) is 3.42. The number of benzene rings is 1. The van der Waals surface area contributed by atoms with Crippen molar-refractivity contribution in [2.24, 2.45) is 12.0 Å². The van der Waals surface area contributed by atoms with Gasteiger partial charge in [0.15, 0.2) is 0 Å². The van der Waals surface area contributed by atoms with Crippen molar-refractivity contribution in [3.05, 3.63) is 83.1 Å². The molecule has 0 fully saturated rings. The van der Waals surface area contributed by atoms with Gasteiger partial charge in [0.05, 0.1) is 17.4 Å². The van der Waals surface area contributed by atoms with Crippen molar-refractivity contribution in [1.82, 2.24) is 24.7 Å². The zero-order chi connectivity index (χ0) is 31.4. The van der Waals surface area contributed by atoms with E-state index in [0.29, 0.717) is 24.7 Å². The van der Waals surface area contributed by atoms with Gasteiger partial charge in [-0.3, -0.25) is 24.2 Å². The van der Waals surface area contributed by atoms with E-state index in [1.165, 1.54) is 0 Å². The molecule has 0 saturated carbocycles. The minimum absolute atomic E-state index is 0.250. The highest BCUT2D eigenvalue weighted by molar-refractivity contribution is 6.35. The maximum absolute atomic E-state index is 13.1. The minimum atomic E-state index is -4.58. The molecular formula is C29H26F3N9O3. The third kappa shape index (κ3) is 6.40. The van der Waals surface area contributed by atoms with Gasteiger partial charge in [-0.1, -0.05) is 6.07 Å². The number of carbonyl (C=O) groups is 2. The Hall–Kier alpha value is -5.60. The Morgan fingerprint density at radius 1 is 1.11 bits per heavy atom. The summed E-state index contributed by atoms with van der Waals surface area (Å²) in [5, 5.41) is 16.9. The van der Waals surface area contributed by atoms with E-state index >= 15 is 0 Å². The molecule has 0 aliphatic carbocycles. The van der Waals surface area contributed by atoms with Crippen LogP contribution in [-0.4, -0.2) is 61.1 Å². The van der Waals surface area contributed by atoms with Crippen LogP contribution in [0.5, 0.6) is 0 Å². The number of aliphatic imine (C=N–C) groups is 1. The third-order valence-corrected chi connectivity index (χ3v) is 6.72. The molecular weight excluding hydrogens is 579 g/mol. The number of anilines is 4. The number of halogens is 3. The van der Waals surface area contributed by atoms with Gasteiger partial charge in [0.2, 0.25) is 5.95 Å². The summed E-state index contributed by atoms with van der Waals surface area (Å²) >= 11 is 0. The SMILES string of the molecule is Cc1ccc(NC(=O)c2cc(C(F)(F)F)ccn2)cc1C1=Cc2cnc(Nc3cnn(C)c3)nc2N2CCCN=C12.O=CO. The fraction of sp³-hybridized carbons (Fsp3) is 0.207. The molecule has 15 heteroatoms. The van der Waals surface area contributed by atoms with Gasteiger partial charge in [-0.05, 0) is 54.8 Å². The summed E-state index contributed by atoms with van der Waals surface area (Å²) in [6.45, 7) is 3.06. The number of amidine groups is 1. The van der Waals surface area contributed by atoms with Crippen LogP contribution in [0.3, 0.4) is 0 Å². The van der Waals surface area contributed by atoms with Crippen LogP contribution in [-0.2, 0) is 18.0 Å². The van der Waals surface area contributed by atoms with Crippen LogP contribution in [0.1, 0.15) is 39.2 Å². The van der Waals surface area contributed by atoms with Gasteiger partial charge in [-0.2, -0.15) is 23.3 Å². The fourth-order valence-corrected chi connectivity index (χ4v) is 4.75. The molecule has 3 aromatic heterocycles. The average molecular weight is 606 g/mol. The zero-order valence-electron chi connectivity index (χ0n) is 23.5. The van der Waals surface area contributed by atoms with Gasteiger partial charge in [0, 0.05) is 55.6 Å². The number of carboxylic acid groups (broad SMARTS) is 1. The van der Waals surface area contributed by atoms with Crippen molar-refractivity contribution in [2.45, 2.75) is 19.5 Å². The van der Waals surface area contributed by atoms with E-state index in [1.54, 1.807) is 29.2 Å². The molecule has 0 atom stereocenters. The quantitative estimate of drug-likeness (QED) is 0.273. The first-order chi connectivity index (χ1) is 21.1. The molecule has 0 radical (unpaired) electrons. The molecule has 1 aromatic carbocycles. The molecule has 4 aromatic rings.